The molecule has 0 bridgehead atoms. The SMILES string of the molecule is Cc1sc(C(=O)NC2CCC(F)(F)CC2)cc1C1CC1NC(=O)O. The molecule has 0 saturated heterocycles. The van der Waals surface area contributed by atoms with E-state index < -0.39 is 12.0 Å². The standard InChI is InChI=1S/C16H20F2N2O3S/c1-8-10(11-6-12(11)20-15(22)23)7-13(24-8)14(21)19-9-2-4-16(17,18)5-3-9/h7,9,11-12,20H,2-6H2,1H3,(H,19,21)(H,22,23). The number of halogens is 2. The minimum Gasteiger partial charge on any atom is -0.465 e. The topological polar surface area (TPSA) is 78.4 Å². The molecule has 8 heteroatoms. The number of carbonyl (C=O) groups is 2. The van der Waals surface area contributed by atoms with Gasteiger partial charge in [0.2, 0.25) is 5.92 Å². The third-order valence-corrected chi connectivity index (χ3v) is 5.80. The summed E-state index contributed by atoms with van der Waals surface area (Å²) in [6, 6.07) is 1.51. The number of thiophene rings is 1. The Morgan fingerprint density at radius 1 is 1.29 bits per heavy atom. The quantitative estimate of drug-likeness (QED) is 0.771. The number of amides is 2. The Labute approximate surface area is 142 Å². The van der Waals surface area contributed by atoms with E-state index in [0.717, 1.165) is 16.9 Å². The Morgan fingerprint density at radius 2 is 1.96 bits per heavy atom. The first-order valence-corrected chi connectivity index (χ1v) is 8.85. The molecule has 1 heterocycles. The Morgan fingerprint density at radius 3 is 2.58 bits per heavy atom. The molecule has 0 aromatic carbocycles. The van der Waals surface area contributed by atoms with Crippen LogP contribution in [-0.4, -0.2) is 35.1 Å². The fourth-order valence-electron chi connectivity index (χ4n) is 3.27. The van der Waals surface area contributed by atoms with Gasteiger partial charge in [0.15, 0.2) is 0 Å². The lowest BCUT2D eigenvalue weighted by atomic mass is 9.92. The van der Waals surface area contributed by atoms with Crippen molar-refractivity contribution in [3.05, 3.63) is 21.4 Å². The number of aryl methyl sites for hydroxylation is 1. The molecule has 3 N–H and O–H groups in total. The molecule has 1 aromatic rings. The molecule has 0 spiro atoms. The molecule has 2 saturated carbocycles. The fourth-order valence-corrected chi connectivity index (χ4v) is 4.27. The van der Waals surface area contributed by atoms with Crippen molar-refractivity contribution in [2.24, 2.45) is 0 Å². The van der Waals surface area contributed by atoms with Crippen molar-refractivity contribution in [1.82, 2.24) is 10.6 Å². The Kier molecular flexibility index (Phi) is 4.50. The molecule has 2 aliphatic rings. The van der Waals surface area contributed by atoms with Crippen molar-refractivity contribution in [2.75, 3.05) is 0 Å². The largest absolute Gasteiger partial charge is 0.465 e. The highest BCUT2D eigenvalue weighted by atomic mass is 32.1. The van der Waals surface area contributed by atoms with Crippen LogP contribution in [0.1, 0.15) is 58.1 Å². The lowest BCUT2D eigenvalue weighted by Crippen LogP contribution is -2.40. The highest BCUT2D eigenvalue weighted by molar-refractivity contribution is 7.14. The molecule has 1 aromatic heterocycles. The predicted molar refractivity (Wildman–Crippen MR) is 86.0 cm³/mol. The van der Waals surface area contributed by atoms with Gasteiger partial charge in [0.05, 0.1) is 4.88 Å². The first-order chi connectivity index (χ1) is 11.2. The highest BCUT2D eigenvalue weighted by Crippen LogP contribution is 2.44. The molecule has 3 rings (SSSR count). The number of carbonyl (C=O) groups excluding carboxylic acids is 1. The van der Waals surface area contributed by atoms with Crippen LogP contribution in [0.15, 0.2) is 6.07 Å². The molecule has 2 amide bonds. The van der Waals surface area contributed by atoms with Crippen molar-refractivity contribution < 1.29 is 23.5 Å². The second kappa shape index (κ2) is 6.31. The summed E-state index contributed by atoms with van der Waals surface area (Å²) in [4.78, 5) is 24.6. The number of carboxylic acid groups (broad SMARTS) is 1. The average Bonchev–Trinajstić information content (AvgIpc) is 3.11. The molecule has 0 aliphatic heterocycles. The highest BCUT2D eigenvalue weighted by Gasteiger charge is 2.41. The van der Waals surface area contributed by atoms with Gasteiger partial charge in [0.25, 0.3) is 5.91 Å². The molecular weight excluding hydrogens is 338 g/mol. The fraction of sp³-hybridized carbons (Fsp3) is 0.625. The zero-order chi connectivity index (χ0) is 17.5. The zero-order valence-electron chi connectivity index (χ0n) is 13.3. The van der Waals surface area contributed by atoms with E-state index in [-0.39, 0.29) is 36.8 Å². The maximum absolute atomic E-state index is 13.2. The van der Waals surface area contributed by atoms with Crippen LogP contribution >= 0.6 is 11.3 Å². The number of hydrogen-bond donors (Lipinski definition) is 3. The van der Waals surface area contributed by atoms with Gasteiger partial charge in [-0.2, -0.15) is 0 Å². The van der Waals surface area contributed by atoms with Gasteiger partial charge in [-0.1, -0.05) is 0 Å². The lowest BCUT2D eigenvalue weighted by Gasteiger charge is -2.28. The molecule has 5 nitrogen and oxygen atoms in total. The van der Waals surface area contributed by atoms with Crippen LogP contribution in [0.25, 0.3) is 0 Å². The van der Waals surface area contributed by atoms with Gasteiger partial charge in [-0.15, -0.1) is 11.3 Å². The van der Waals surface area contributed by atoms with Gasteiger partial charge in [-0.05, 0) is 37.8 Å². The van der Waals surface area contributed by atoms with E-state index in [2.05, 4.69) is 10.6 Å². The first-order valence-electron chi connectivity index (χ1n) is 8.03. The minimum atomic E-state index is -2.61. The summed E-state index contributed by atoms with van der Waals surface area (Å²) < 4.78 is 26.3. The van der Waals surface area contributed by atoms with Crippen molar-refractivity contribution in [3.8, 4) is 0 Å². The maximum Gasteiger partial charge on any atom is 0.404 e. The van der Waals surface area contributed by atoms with E-state index in [1.807, 2.05) is 6.92 Å². The summed E-state index contributed by atoms with van der Waals surface area (Å²) in [7, 11) is 0. The van der Waals surface area contributed by atoms with Gasteiger partial charge in [0, 0.05) is 35.7 Å². The molecule has 0 radical (unpaired) electrons. The van der Waals surface area contributed by atoms with E-state index in [4.69, 9.17) is 5.11 Å². The average molecular weight is 358 g/mol. The summed E-state index contributed by atoms with van der Waals surface area (Å²) >= 11 is 1.36. The molecule has 2 aliphatic carbocycles. The maximum atomic E-state index is 13.2. The van der Waals surface area contributed by atoms with E-state index in [1.54, 1.807) is 6.07 Å². The summed E-state index contributed by atoms with van der Waals surface area (Å²) in [5.74, 6) is -2.72. The zero-order valence-corrected chi connectivity index (χ0v) is 14.1. The summed E-state index contributed by atoms with van der Waals surface area (Å²) in [5, 5.41) is 14.0. The Hall–Kier alpha value is -1.70. The van der Waals surface area contributed by atoms with Crippen LogP contribution in [-0.2, 0) is 0 Å². The Bertz CT molecular complexity index is 652. The van der Waals surface area contributed by atoms with Gasteiger partial charge in [-0.25, -0.2) is 13.6 Å². The van der Waals surface area contributed by atoms with Gasteiger partial charge in [-0.3, -0.25) is 4.79 Å². The summed E-state index contributed by atoms with van der Waals surface area (Å²) in [5.41, 5.74) is 0.999. The first kappa shape index (κ1) is 17.1. The second-order valence-corrected chi connectivity index (χ2v) is 7.88. The number of nitrogens with one attached hydrogen (secondary N) is 2. The number of hydrogen-bond acceptors (Lipinski definition) is 3. The van der Waals surface area contributed by atoms with Crippen LogP contribution in [0, 0.1) is 6.92 Å². The van der Waals surface area contributed by atoms with E-state index >= 15 is 0 Å². The smallest absolute Gasteiger partial charge is 0.404 e. The van der Waals surface area contributed by atoms with E-state index in [9.17, 15) is 18.4 Å². The third kappa shape index (κ3) is 3.85. The number of rotatable bonds is 4. The molecule has 2 fully saturated rings. The van der Waals surface area contributed by atoms with Crippen LogP contribution in [0.2, 0.25) is 0 Å². The molecule has 132 valence electrons. The van der Waals surface area contributed by atoms with Crippen LogP contribution in [0.5, 0.6) is 0 Å². The van der Waals surface area contributed by atoms with Gasteiger partial charge in [0.1, 0.15) is 0 Å². The minimum absolute atomic E-state index is 0.0905. The Balaban J connectivity index is 1.59. The molecule has 2 atom stereocenters. The molecule has 2 unspecified atom stereocenters. The van der Waals surface area contributed by atoms with Crippen molar-refractivity contribution in [2.45, 2.75) is 63.0 Å². The van der Waals surface area contributed by atoms with Gasteiger partial charge >= 0.3 is 6.09 Å². The second-order valence-electron chi connectivity index (χ2n) is 6.62. The summed E-state index contributed by atoms with van der Waals surface area (Å²) in [6.45, 7) is 1.91. The third-order valence-electron chi connectivity index (χ3n) is 4.73. The van der Waals surface area contributed by atoms with Crippen molar-refractivity contribution in [3.63, 3.8) is 0 Å². The lowest BCUT2D eigenvalue weighted by molar-refractivity contribution is -0.0399. The van der Waals surface area contributed by atoms with Crippen LogP contribution < -0.4 is 10.6 Å². The predicted octanol–water partition coefficient (Wildman–Crippen LogP) is 3.49. The van der Waals surface area contributed by atoms with E-state index in [1.165, 1.54) is 11.3 Å². The molecule has 24 heavy (non-hydrogen) atoms. The van der Waals surface area contributed by atoms with Crippen molar-refractivity contribution >= 4 is 23.3 Å². The normalized spacial score (nSPS) is 26.0. The van der Waals surface area contributed by atoms with E-state index in [0.29, 0.717) is 17.7 Å². The van der Waals surface area contributed by atoms with Gasteiger partial charge < -0.3 is 15.7 Å². The van der Waals surface area contributed by atoms with Crippen LogP contribution in [0.3, 0.4) is 0 Å². The summed E-state index contributed by atoms with van der Waals surface area (Å²) in [6.07, 6.45) is -0.0775. The monoisotopic (exact) mass is 358 g/mol. The molecular formula is C16H20F2N2O3S. The number of alkyl halides is 2. The van der Waals surface area contributed by atoms with Crippen LogP contribution in [0.4, 0.5) is 13.6 Å². The van der Waals surface area contributed by atoms with Crippen molar-refractivity contribution in [1.29, 1.82) is 0 Å².